The molecule has 22 heavy (non-hydrogen) atoms. The molecule has 3 aromatic rings. The molecule has 0 saturated heterocycles. The normalized spacial score (nSPS) is 11.0. The van der Waals surface area contributed by atoms with Crippen LogP contribution in [0.15, 0.2) is 29.1 Å². The maximum atomic E-state index is 14.4. The Bertz CT molecular complexity index is 877. The second-order valence-electron chi connectivity index (χ2n) is 4.72. The molecule has 1 N–H and O–H groups in total. The van der Waals surface area contributed by atoms with Crippen LogP contribution < -0.4 is 0 Å². The molecular weight excluding hydrogens is 355 g/mol. The smallest absolute Gasteiger partial charge is 0.325 e. The van der Waals surface area contributed by atoms with Crippen LogP contribution in [-0.2, 0) is 11.3 Å². The van der Waals surface area contributed by atoms with E-state index in [0.29, 0.717) is 26.9 Å². The summed E-state index contributed by atoms with van der Waals surface area (Å²) in [6, 6.07) is 3.05. The number of carboxylic acids is 1. The molecule has 0 spiro atoms. The van der Waals surface area contributed by atoms with E-state index in [4.69, 9.17) is 5.11 Å². The minimum Gasteiger partial charge on any atom is -0.480 e. The Balaban J connectivity index is 2.18. The predicted octanol–water partition coefficient (Wildman–Crippen LogP) is 2.79. The highest BCUT2D eigenvalue weighted by Gasteiger charge is 2.17. The summed E-state index contributed by atoms with van der Waals surface area (Å²) in [4.78, 5) is 19.0. The molecule has 0 fully saturated rings. The number of fused-ring (bicyclic) bond motifs is 1. The molecule has 8 heteroatoms. The third-order valence-corrected chi connectivity index (χ3v) is 3.74. The van der Waals surface area contributed by atoms with E-state index in [1.807, 2.05) is 0 Å². The van der Waals surface area contributed by atoms with Crippen LogP contribution in [0.2, 0.25) is 0 Å². The maximum Gasteiger partial charge on any atom is 0.325 e. The first-order valence-electron chi connectivity index (χ1n) is 6.32. The number of carboxylic acid groups (broad SMARTS) is 1. The first-order chi connectivity index (χ1) is 10.5. The van der Waals surface area contributed by atoms with Crippen molar-refractivity contribution in [3.8, 4) is 11.1 Å². The SMILES string of the molecule is Cc1ncc(-c2cc(F)c3c(c2)c(Br)nn3CC(=O)O)cn1. The van der Waals surface area contributed by atoms with E-state index in [9.17, 15) is 9.18 Å². The number of rotatable bonds is 3. The van der Waals surface area contributed by atoms with Crippen molar-refractivity contribution < 1.29 is 14.3 Å². The topological polar surface area (TPSA) is 80.9 Å². The molecule has 1 aromatic carbocycles. The lowest BCUT2D eigenvalue weighted by atomic mass is 10.1. The van der Waals surface area contributed by atoms with Gasteiger partial charge >= 0.3 is 5.97 Å². The number of benzene rings is 1. The van der Waals surface area contributed by atoms with Crippen LogP contribution in [0.4, 0.5) is 4.39 Å². The predicted molar refractivity (Wildman–Crippen MR) is 80.8 cm³/mol. The summed E-state index contributed by atoms with van der Waals surface area (Å²) >= 11 is 3.24. The van der Waals surface area contributed by atoms with E-state index >= 15 is 0 Å². The van der Waals surface area contributed by atoms with E-state index in [-0.39, 0.29) is 5.52 Å². The molecule has 0 aliphatic heterocycles. The molecule has 3 rings (SSSR count). The molecule has 0 saturated carbocycles. The Hall–Kier alpha value is -2.35. The van der Waals surface area contributed by atoms with Gasteiger partial charge in [0.15, 0.2) is 0 Å². The van der Waals surface area contributed by atoms with Crippen molar-refractivity contribution in [2.24, 2.45) is 0 Å². The lowest BCUT2D eigenvalue weighted by Gasteiger charge is -2.05. The highest BCUT2D eigenvalue weighted by Crippen LogP contribution is 2.31. The van der Waals surface area contributed by atoms with Crippen molar-refractivity contribution >= 4 is 32.8 Å². The van der Waals surface area contributed by atoms with E-state index < -0.39 is 18.3 Å². The number of carbonyl (C=O) groups is 1. The van der Waals surface area contributed by atoms with Gasteiger partial charge < -0.3 is 5.11 Å². The first kappa shape index (κ1) is 14.6. The van der Waals surface area contributed by atoms with E-state index in [1.54, 1.807) is 25.4 Å². The van der Waals surface area contributed by atoms with Crippen molar-refractivity contribution in [3.05, 3.63) is 40.8 Å². The van der Waals surface area contributed by atoms with Gasteiger partial charge in [0.1, 0.15) is 28.3 Å². The van der Waals surface area contributed by atoms with E-state index in [1.165, 1.54) is 6.07 Å². The zero-order valence-corrected chi connectivity index (χ0v) is 13.0. The van der Waals surface area contributed by atoms with Gasteiger partial charge in [0.25, 0.3) is 0 Å². The van der Waals surface area contributed by atoms with Gasteiger partial charge in [0, 0.05) is 23.3 Å². The molecule has 0 amide bonds. The summed E-state index contributed by atoms with van der Waals surface area (Å²) in [6.45, 7) is 1.35. The van der Waals surface area contributed by atoms with Crippen molar-refractivity contribution in [2.75, 3.05) is 0 Å². The maximum absolute atomic E-state index is 14.4. The van der Waals surface area contributed by atoms with Gasteiger partial charge in [0.05, 0.1) is 0 Å². The summed E-state index contributed by atoms with van der Waals surface area (Å²) in [5, 5.41) is 13.4. The van der Waals surface area contributed by atoms with Crippen LogP contribution >= 0.6 is 15.9 Å². The summed E-state index contributed by atoms with van der Waals surface area (Å²) in [6.07, 6.45) is 3.22. The van der Waals surface area contributed by atoms with Gasteiger partial charge in [-0.15, -0.1) is 0 Å². The van der Waals surface area contributed by atoms with Crippen LogP contribution in [0, 0.1) is 12.7 Å². The van der Waals surface area contributed by atoms with E-state index in [0.717, 1.165) is 4.68 Å². The number of aryl methyl sites for hydroxylation is 1. The molecule has 0 aliphatic rings. The van der Waals surface area contributed by atoms with Crippen LogP contribution in [0.3, 0.4) is 0 Å². The number of hydrogen-bond acceptors (Lipinski definition) is 4. The highest BCUT2D eigenvalue weighted by molar-refractivity contribution is 9.10. The lowest BCUT2D eigenvalue weighted by Crippen LogP contribution is -2.10. The Kier molecular flexibility index (Phi) is 3.61. The molecule has 0 atom stereocenters. The second-order valence-corrected chi connectivity index (χ2v) is 5.47. The fraction of sp³-hybridized carbons (Fsp3) is 0.143. The molecule has 2 aromatic heterocycles. The molecule has 0 unspecified atom stereocenters. The lowest BCUT2D eigenvalue weighted by molar-refractivity contribution is -0.137. The number of nitrogens with zero attached hydrogens (tertiary/aromatic N) is 4. The van der Waals surface area contributed by atoms with Crippen LogP contribution in [0.1, 0.15) is 5.82 Å². The Morgan fingerprint density at radius 1 is 1.32 bits per heavy atom. The quantitative estimate of drug-likeness (QED) is 0.772. The van der Waals surface area contributed by atoms with Gasteiger partial charge in [0.2, 0.25) is 0 Å². The van der Waals surface area contributed by atoms with Crippen LogP contribution in [0.5, 0.6) is 0 Å². The second kappa shape index (κ2) is 5.45. The third kappa shape index (κ3) is 2.57. The summed E-state index contributed by atoms with van der Waals surface area (Å²) in [5.74, 6) is -1.01. The number of halogens is 2. The zero-order chi connectivity index (χ0) is 15.9. The van der Waals surface area contributed by atoms with Gasteiger partial charge in [-0.05, 0) is 40.5 Å². The molecule has 6 nitrogen and oxygen atoms in total. The summed E-state index contributed by atoms with van der Waals surface area (Å²) < 4.78 is 15.9. The molecular formula is C14H10BrFN4O2. The van der Waals surface area contributed by atoms with E-state index in [2.05, 4.69) is 31.0 Å². The van der Waals surface area contributed by atoms with Gasteiger partial charge in [-0.1, -0.05) is 0 Å². The molecule has 112 valence electrons. The van der Waals surface area contributed by atoms with Crippen LogP contribution in [0.25, 0.3) is 22.0 Å². The molecule has 0 radical (unpaired) electrons. The van der Waals surface area contributed by atoms with Crippen molar-refractivity contribution in [1.29, 1.82) is 0 Å². The summed E-state index contributed by atoms with van der Waals surface area (Å²) in [7, 11) is 0. The standard InChI is InChI=1S/C14H10BrFN4O2/c1-7-17-4-9(5-18-7)8-2-10-13(11(16)3-8)20(6-12(21)22)19-14(10)15/h2-5H,6H2,1H3,(H,21,22). The van der Waals surface area contributed by atoms with Gasteiger partial charge in [-0.25, -0.2) is 19.0 Å². The van der Waals surface area contributed by atoms with Crippen molar-refractivity contribution in [3.63, 3.8) is 0 Å². The summed E-state index contributed by atoms with van der Waals surface area (Å²) in [5.41, 5.74) is 1.41. The fourth-order valence-corrected chi connectivity index (χ4v) is 2.67. The fourth-order valence-electron chi connectivity index (χ4n) is 2.18. The minimum atomic E-state index is -1.09. The first-order valence-corrected chi connectivity index (χ1v) is 7.11. The molecule has 0 aliphatic carbocycles. The Labute approximate surface area is 132 Å². The van der Waals surface area contributed by atoms with Crippen LogP contribution in [-0.4, -0.2) is 30.8 Å². The largest absolute Gasteiger partial charge is 0.480 e. The number of aliphatic carboxylic acids is 1. The molecule has 2 heterocycles. The van der Waals surface area contributed by atoms with Gasteiger partial charge in [-0.2, -0.15) is 5.10 Å². The minimum absolute atomic E-state index is 0.144. The van der Waals surface area contributed by atoms with Crippen molar-refractivity contribution in [2.45, 2.75) is 13.5 Å². The third-order valence-electron chi connectivity index (χ3n) is 3.15. The number of aromatic nitrogens is 4. The van der Waals surface area contributed by atoms with Gasteiger partial charge in [-0.3, -0.25) is 4.79 Å². The zero-order valence-electron chi connectivity index (χ0n) is 11.4. The number of hydrogen-bond donors (Lipinski definition) is 1. The average Bonchev–Trinajstić information content (AvgIpc) is 2.75. The molecule has 0 bridgehead atoms. The monoisotopic (exact) mass is 364 g/mol. The highest BCUT2D eigenvalue weighted by atomic mass is 79.9. The Morgan fingerprint density at radius 3 is 2.64 bits per heavy atom. The van der Waals surface area contributed by atoms with Crippen molar-refractivity contribution in [1.82, 2.24) is 19.7 Å². The Morgan fingerprint density at radius 2 is 2.00 bits per heavy atom. The average molecular weight is 365 g/mol.